The minimum absolute atomic E-state index is 0.166. The number of carbonyl (C=O) groups is 1. The molecule has 0 aliphatic heterocycles. The van der Waals surface area contributed by atoms with Crippen LogP contribution in [0.4, 0.5) is 0 Å². The summed E-state index contributed by atoms with van der Waals surface area (Å²) in [5.41, 5.74) is 0.397. The summed E-state index contributed by atoms with van der Waals surface area (Å²) in [5.74, 6) is -0.961. The van der Waals surface area contributed by atoms with Crippen LogP contribution in [0.1, 0.15) is 20.3 Å². The molecule has 1 amide bonds. The highest BCUT2D eigenvalue weighted by molar-refractivity contribution is 7.90. The van der Waals surface area contributed by atoms with Crippen molar-refractivity contribution in [1.82, 2.24) is 14.1 Å². The first-order valence-electron chi connectivity index (χ1n) is 6.06. The predicted molar refractivity (Wildman–Crippen MR) is 75.0 cm³/mol. The van der Waals surface area contributed by atoms with Crippen LogP contribution in [0, 0.1) is 5.92 Å². The van der Waals surface area contributed by atoms with Gasteiger partial charge in [0.1, 0.15) is 5.65 Å². The zero-order valence-electron chi connectivity index (χ0n) is 11.0. The largest absolute Gasteiger partial charge is 0.288 e. The maximum atomic E-state index is 12.3. The van der Waals surface area contributed by atoms with Gasteiger partial charge in [0, 0.05) is 12.1 Å². The third kappa shape index (κ3) is 2.64. The lowest BCUT2D eigenvalue weighted by molar-refractivity contribution is -0.122. The third-order valence-corrected chi connectivity index (χ3v) is 4.74. The molecule has 0 saturated carbocycles. The van der Waals surface area contributed by atoms with Crippen LogP contribution in [0.2, 0.25) is 5.15 Å². The van der Waals surface area contributed by atoms with Gasteiger partial charge in [0.15, 0.2) is 10.2 Å². The van der Waals surface area contributed by atoms with E-state index in [4.69, 9.17) is 11.6 Å². The van der Waals surface area contributed by atoms with Crippen molar-refractivity contribution in [3.05, 3.63) is 29.5 Å². The molecule has 0 bridgehead atoms. The first-order chi connectivity index (χ1) is 9.36. The summed E-state index contributed by atoms with van der Waals surface area (Å²) in [7, 11) is -4.06. The van der Waals surface area contributed by atoms with Gasteiger partial charge in [-0.2, -0.15) is 8.42 Å². The standard InChI is InChI=1S/C12H14ClN3O3S/c1-3-8(2)11(17)15-20(18,19)12-10(13)14-9-6-4-5-7-16(9)12/h4-8H,3H2,1-2H3,(H,15,17)/t8-/m1/s1. The van der Waals surface area contributed by atoms with E-state index in [1.165, 1.54) is 10.6 Å². The van der Waals surface area contributed by atoms with E-state index in [9.17, 15) is 13.2 Å². The van der Waals surface area contributed by atoms with Crippen LogP contribution in [-0.4, -0.2) is 23.7 Å². The van der Waals surface area contributed by atoms with Crippen molar-refractivity contribution >= 4 is 33.2 Å². The number of nitrogens with zero attached hydrogens (tertiary/aromatic N) is 2. The second kappa shape index (κ2) is 5.41. The number of fused-ring (bicyclic) bond motifs is 1. The Morgan fingerprint density at radius 1 is 1.50 bits per heavy atom. The molecule has 6 nitrogen and oxygen atoms in total. The molecule has 0 spiro atoms. The fraction of sp³-hybridized carbons (Fsp3) is 0.333. The van der Waals surface area contributed by atoms with Crippen LogP contribution < -0.4 is 4.72 Å². The Morgan fingerprint density at radius 2 is 2.20 bits per heavy atom. The number of sulfonamides is 1. The molecule has 2 aromatic rings. The van der Waals surface area contributed by atoms with Gasteiger partial charge in [-0.15, -0.1) is 0 Å². The van der Waals surface area contributed by atoms with Gasteiger partial charge in [-0.05, 0) is 18.6 Å². The number of nitrogens with one attached hydrogen (secondary N) is 1. The fourth-order valence-corrected chi connectivity index (χ4v) is 3.38. The van der Waals surface area contributed by atoms with Crippen LogP contribution in [0.25, 0.3) is 5.65 Å². The molecule has 0 aromatic carbocycles. The minimum atomic E-state index is -4.06. The molecule has 20 heavy (non-hydrogen) atoms. The molecule has 2 heterocycles. The number of aromatic nitrogens is 2. The molecule has 0 fully saturated rings. The summed E-state index contributed by atoms with van der Waals surface area (Å²) in [5, 5.41) is -0.396. The van der Waals surface area contributed by atoms with Gasteiger partial charge in [0.05, 0.1) is 0 Å². The van der Waals surface area contributed by atoms with E-state index >= 15 is 0 Å². The number of hydrogen-bond acceptors (Lipinski definition) is 4. The topological polar surface area (TPSA) is 80.5 Å². The Hall–Kier alpha value is -1.60. The molecular weight excluding hydrogens is 302 g/mol. The van der Waals surface area contributed by atoms with Crippen LogP contribution >= 0.6 is 11.6 Å². The molecule has 8 heteroatoms. The van der Waals surface area contributed by atoms with Crippen molar-refractivity contribution < 1.29 is 13.2 Å². The fourth-order valence-electron chi connectivity index (χ4n) is 1.65. The predicted octanol–water partition coefficient (Wildman–Crippen LogP) is 1.84. The normalized spacial score (nSPS) is 13.3. The molecule has 0 aliphatic rings. The first kappa shape index (κ1) is 14.8. The summed E-state index contributed by atoms with van der Waals surface area (Å²) < 4.78 is 27.9. The number of imidazole rings is 1. The second-order valence-electron chi connectivity index (χ2n) is 4.42. The summed E-state index contributed by atoms with van der Waals surface area (Å²) in [4.78, 5) is 15.7. The third-order valence-electron chi connectivity index (χ3n) is 3.00. The van der Waals surface area contributed by atoms with Crippen molar-refractivity contribution in [2.24, 2.45) is 5.92 Å². The lowest BCUT2D eigenvalue weighted by atomic mass is 10.1. The SMILES string of the molecule is CC[C@@H](C)C(=O)NS(=O)(=O)c1c(Cl)nc2ccccn12. The maximum absolute atomic E-state index is 12.3. The number of carbonyl (C=O) groups excluding carboxylic acids is 1. The molecular formula is C12H14ClN3O3S. The van der Waals surface area contributed by atoms with Crippen molar-refractivity contribution in [3.63, 3.8) is 0 Å². The lowest BCUT2D eigenvalue weighted by Gasteiger charge is -2.10. The van der Waals surface area contributed by atoms with E-state index < -0.39 is 21.8 Å². The van der Waals surface area contributed by atoms with Gasteiger partial charge in [0.2, 0.25) is 5.91 Å². The zero-order chi connectivity index (χ0) is 14.9. The highest BCUT2D eigenvalue weighted by atomic mass is 35.5. The second-order valence-corrected chi connectivity index (χ2v) is 6.37. The van der Waals surface area contributed by atoms with Crippen molar-refractivity contribution in [2.45, 2.75) is 25.3 Å². The molecule has 1 N–H and O–H groups in total. The van der Waals surface area contributed by atoms with E-state index in [0.29, 0.717) is 12.1 Å². The summed E-state index contributed by atoms with van der Waals surface area (Å²) in [6.45, 7) is 3.46. The molecule has 0 saturated heterocycles. The molecule has 108 valence electrons. The Labute approximate surface area is 121 Å². The molecule has 0 aliphatic carbocycles. The average molecular weight is 316 g/mol. The summed E-state index contributed by atoms with van der Waals surface area (Å²) in [6, 6.07) is 4.99. The number of hydrogen-bond donors (Lipinski definition) is 1. The maximum Gasteiger partial charge on any atom is 0.283 e. The number of halogens is 1. The average Bonchev–Trinajstić information content (AvgIpc) is 2.73. The van der Waals surface area contributed by atoms with Crippen LogP contribution in [0.15, 0.2) is 29.4 Å². The van der Waals surface area contributed by atoms with Gasteiger partial charge < -0.3 is 0 Å². The van der Waals surface area contributed by atoms with Crippen LogP contribution in [0.3, 0.4) is 0 Å². The van der Waals surface area contributed by atoms with E-state index in [-0.39, 0.29) is 10.2 Å². The quantitative estimate of drug-likeness (QED) is 0.933. The van der Waals surface area contributed by atoms with Crippen molar-refractivity contribution in [1.29, 1.82) is 0 Å². The Morgan fingerprint density at radius 3 is 2.85 bits per heavy atom. The Kier molecular flexibility index (Phi) is 4.01. The monoisotopic (exact) mass is 315 g/mol. The minimum Gasteiger partial charge on any atom is -0.288 e. The van der Waals surface area contributed by atoms with E-state index in [1.54, 1.807) is 32.0 Å². The molecule has 0 radical (unpaired) electrons. The molecule has 1 atom stereocenters. The van der Waals surface area contributed by atoms with E-state index in [1.807, 2.05) is 4.72 Å². The lowest BCUT2D eigenvalue weighted by Crippen LogP contribution is -2.35. The van der Waals surface area contributed by atoms with E-state index in [2.05, 4.69) is 4.98 Å². The number of amides is 1. The smallest absolute Gasteiger partial charge is 0.283 e. The number of pyridine rings is 1. The van der Waals surface area contributed by atoms with Gasteiger partial charge in [-0.1, -0.05) is 31.5 Å². The Bertz CT molecular complexity index is 754. The van der Waals surface area contributed by atoms with E-state index in [0.717, 1.165) is 0 Å². The van der Waals surface area contributed by atoms with Crippen LogP contribution in [-0.2, 0) is 14.8 Å². The van der Waals surface area contributed by atoms with Gasteiger partial charge in [-0.3, -0.25) is 9.20 Å². The molecule has 2 rings (SSSR count). The van der Waals surface area contributed by atoms with Gasteiger partial charge in [-0.25, -0.2) is 9.71 Å². The van der Waals surface area contributed by atoms with Gasteiger partial charge >= 0.3 is 0 Å². The zero-order valence-corrected chi connectivity index (χ0v) is 12.6. The molecule has 2 aromatic heterocycles. The Balaban J connectivity index is 2.47. The van der Waals surface area contributed by atoms with Crippen molar-refractivity contribution in [3.8, 4) is 0 Å². The number of rotatable bonds is 4. The first-order valence-corrected chi connectivity index (χ1v) is 7.92. The van der Waals surface area contributed by atoms with Crippen molar-refractivity contribution in [2.75, 3.05) is 0 Å². The van der Waals surface area contributed by atoms with Gasteiger partial charge in [0.25, 0.3) is 10.0 Å². The summed E-state index contributed by atoms with van der Waals surface area (Å²) in [6.07, 6.45) is 2.07. The summed E-state index contributed by atoms with van der Waals surface area (Å²) >= 11 is 5.89. The highest BCUT2D eigenvalue weighted by Crippen LogP contribution is 2.22. The highest BCUT2D eigenvalue weighted by Gasteiger charge is 2.27. The van der Waals surface area contributed by atoms with Crippen LogP contribution in [0.5, 0.6) is 0 Å². The molecule has 0 unspecified atom stereocenters.